The van der Waals surface area contributed by atoms with Gasteiger partial charge in [0.25, 0.3) is 0 Å². The second-order valence-electron chi connectivity index (χ2n) is 15.9. The van der Waals surface area contributed by atoms with Gasteiger partial charge in [-0.25, -0.2) is 24.9 Å². The van der Waals surface area contributed by atoms with E-state index in [1.807, 2.05) is 30.0 Å². The lowest BCUT2D eigenvalue weighted by Crippen LogP contribution is -2.15. The summed E-state index contributed by atoms with van der Waals surface area (Å²) in [4.78, 5) is 27.7. The molecule has 63 heavy (non-hydrogen) atoms. The van der Waals surface area contributed by atoms with Gasteiger partial charge in [0.1, 0.15) is 0 Å². The van der Waals surface area contributed by atoms with E-state index in [0.29, 0.717) is 17.5 Å². The van der Waals surface area contributed by atoms with Gasteiger partial charge in [0.2, 0.25) is 0 Å². The summed E-state index contributed by atoms with van der Waals surface area (Å²) in [5.41, 5.74) is 11.7. The standard InChI is InChI=1S/C55H34N6S2/c1-4-16-33(17-5-1)48-51-49(39-23-11-13-29-45(39)63-51)57-55(56-48)41-26-14-24-37-42-32-35(30-31-46(42)62-50(37)41)53-58-52(34-18-6-2-7-19-34)59-54(60-53)40-25-15-28-44-47(40)38-22-10-12-27-43(38)61(44)36-20-8-3-9-21-36/h1-32,37,50H. The van der Waals surface area contributed by atoms with E-state index in [2.05, 4.69) is 181 Å². The fourth-order valence-corrected chi connectivity index (χ4v) is 12.0. The highest BCUT2D eigenvalue weighted by Crippen LogP contribution is 2.53. The van der Waals surface area contributed by atoms with Gasteiger partial charge in [-0.2, -0.15) is 0 Å². The Morgan fingerprint density at radius 3 is 2.02 bits per heavy atom. The molecule has 296 valence electrons. The molecule has 7 aromatic carbocycles. The molecule has 0 saturated carbocycles. The van der Waals surface area contributed by atoms with E-state index in [9.17, 15) is 0 Å². The number of para-hydroxylation sites is 2. The highest BCUT2D eigenvalue weighted by molar-refractivity contribution is 8.00. The van der Waals surface area contributed by atoms with E-state index in [1.54, 1.807) is 11.3 Å². The van der Waals surface area contributed by atoms with Gasteiger partial charge >= 0.3 is 0 Å². The molecular weight excluding hydrogens is 809 g/mol. The number of thiophene rings is 1. The van der Waals surface area contributed by atoms with Crippen molar-refractivity contribution in [3.05, 3.63) is 206 Å². The molecule has 0 amide bonds. The zero-order valence-electron chi connectivity index (χ0n) is 33.6. The van der Waals surface area contributed by atoms with Crippen LogP contribution < -0.4 is 0 Å². The largest absolute Gasteiger partial charge is 0.309 e. The third-order valence-corrected chi connectivity index (χ3v) is 14.8. The van der Waals surface area contributed by atoms with Crippen molar-refractivity contribution >= 4 is 70.8 Å². The van der Waals surface area contributed by atoms with Crippen LogP contribution in [0, 0.1) is 0 Å². The van der Waals surface area contributed by atoms with Crippen molar-refractivity contribution in [2.45, 2.75) is 16.1 Å². The Morgan fingerprint density at radius 2 is 1.19 bits per heavy atom. The van der Waals surface area contributed by atoms with Gasteiger partial charge < -0.3 is 4.57 Å². The number of benzene rings is 7. The highest BCUT2D eigenvalue weighted by atomic mass is 32.2. The van der Waals surface area contributed by atoms with Crippen molar-refractivity contribution in [3.8, 4) is 51.1 Å². The fourth-order valence-electron chi connectivity index (χ4n) is 9.38. The van der Waals surface area contributed by atoms with Crippen molar-refractivity contribution in [3.63, 3.8) is 0 Å². The third kappa shape index (κ3) is 5.90. The highest BCUT2D eigenvalue weighted by Gasteiger charge is 2.38. The van der Waals surface area contributed by atoms with Crippen LogP contribution in [0.1, 0.15) is 17.3 Å². The van der Waals surface area contributed by atoms with Crippen LogP contribution in [-0.4, -0.2) is 34.7 Å². The molecule has 8 heteroatoms. The molecular formula is C55H34N6S2. The number of thioether (sulfide) groups is 1. The smallest absolute Gasteiger partial charge is 0.164 e. The van der Waals surface area contributed by atoms with Gasteiger partial charge in [0.15, 0.2) is 23.3 Å². The molecule has 1 aliphatic heterocycles. The molecule has 2 atom stereocenters. The monoisotopic (exact) mass is 842 g/mol. The first-order valence-corrected chi connectivity index (χ1v) is 22.8. The van der Waals surface area contributed by atoms with E-state index in [-0.39, 0.29) is 11.2 Å². The van der Waals surface area contributed by atoms with Crippen molar-refractivity contribution in [1.29, 1.82) is 0 Å². The summed E-state index contributed by atoms with van der Waals surface area (Å²) in [6.45, 7) is 0. The molecule has 0 radical (unpaired) electrons. The average Bonchev–Trinajstić information content (AvgIpc) is 4.04. The minimum atomic E-state index is 0.111. The SMILES string of the molecule is C1=CC2c3cc(-c4nc(-c5ccccc5)nc(-c5cccc6c5c5ccccc5n6-c5ccccc5)n4)ccc3SC2C(c2nc(-c3ccccc3)c3sc4ccccc4c3n2)=C1. The van der Waals surface area contributed by atoms with Gasteiger partial charge in [-0.05, 0) is 48.0 Å². The lowest BCUT2D eigenvalue weighted by Gasteiger charge is -2.22. The molecule has 5 heterocycles. The quantitative estimate of drug-likeness (QED) is 0.166. The summed E-state index contributed by atoms with van der Waals surface area (Å²) < 4.78 is 4.66. The van der Waals surface area contributed by atoms with Gasteiger partial charge in [0.05, 0.1) is 26.9 Å². The normalized spacial score (nSPS) is 15.6. The molecule has 0 fully saturated rings. The maximum absolute atomic E-state index is 5.37. The van der Waals surface area contributed by atoms with Crippen LogP contribution in [-0.2, 0) is 0 Å². The number of fused-ring (bicyclic) bond motifs is 9. The van der Waals surface area contributed by atoms with E-state index >= 15 is 0 Å². The number of nitrogens with zero attached hydrogens (tertiary/aromatic N) is 6. The molecule has 0 saturated heterocycles. The Morgan fingerprint density at radius 1 is 0.508 bits per heavy atom. The van der Waals surface area contributed by atoms with Crippen molar-refractivity contribution in [2.75, 3.05) is 0 Å². The van der Waals surface area contributed by atoms with Crippen molar-refractivity contribution in [2.24, 2.45) is 0 Å². The minimum absolute atomic E-state index is 0.111. The number of allylic oxidation sites excluding steroid dienone is 3. The van der Waals surface area contributed by atoms with E-state index in [0.717, 1.165) is 77.1 Å². The topological polar surface area (TPSA) is 69.4 Å². The number of aromatic nitrogens is 6. The van der Waals surface area contributed by atoms with Crippen molar-refractivity contribution < 1.29 is 0 Å². The minimum Gasteiger partial charge on any atom is -0.309 e. The van der Waals surface area contributed by atoms with E-state index in [1.165, 1.54) is 20.5 Å². The summed E-state index contributed by atoms with van der Waals surface area (Å²) in [5, 5.41) is 3.53. The lowest BCUT2D eigenvalue weighted by atomic mass is 9.87. The number of rotatable bonds is 6. The molecule has 11 aromatic rings. The van der Waals surface area contributed by atoms with Crippen LogP contribution in [0.2, 0.25) is 0 Å². The van der Waals surface area contributed by atoms with Crippen molar-refractivity contribution in [1.82, 2.24) is 29.5 Å². The molecule has 2 aliphatic rings. The maximum Gasteiger partial charge on any atom is 0.164 e. The predicted octanol–water partition coefficient (Wildman–Crippen LogP) is 14.0. The van der Waals surface area contributed by atoms with Crippen LogP contribution in [0.3, 0.4) is 0 Å². The first kappa shape index (κ1) is 36.2. The molecule has 4 aromatic heterocycles. The molecule has 0 spiro atoms. The molecule has 1 aliphatic carbocycles. The Kier molecular flexibility index (Phi) is 8.35. The maximum atomic E-state index is 5.37. The Labute approximate surface area is 371 Å². The van der Waals surface area contributed by atoms with Crippen LogP contribution in [0.15, 0.2) is 199 Å². The summed E-state index contributed by atoms with van der Waals surface area (Å²) in [6.07, 6.45) is 6.72. The van der Waals surface area contributed by atoms with Crippen LogP contribution >= 0.6 is 23.1 Å². The summed E-state index contributed by atoms with van der Waals surface area (Å²) in [5.74, 6) is 2.81. The molecule has 0 N–H and O–H groups in total. The Hall–Kier alpha value is -7.52. The zero-order valence-corrected chi connectivity index (χ0v) is 35.3. The first-order chi connectivity index (χ1) is 31.2. The number of hydrogen-bond acceptors (Lipinski definition) is 7. The third-order valence-electron chi connectivity index (χ3n) is 12.3. The van der Waals surface area contributed by atoms with Crippen LogP contribution in [0.5, 0.6) is 0 Å². The lowest BCUT2D eigenvalue weighted by molar-refractivity contribution is 0.883. The summed E-state index contributed by atoms with van der Waals surface area (Å²) in [6, 6.07) is 61.6. The Balaban J connectivity index is 0.933. The van der Waals surface area contributed by atoms with E-state index in [4.69, 9.17) is 24.9 Å². The second kappa shape index (κ2) is 14.6. The summed E-state index contributed by atoms with van der Waals surface area (Å²) in [7, 11) is 0. The number of hydrogen-bond donors (Lipinski definition) is 0. The van der Waals surface area contributed by atoms with Gasteiger partial charge in [0, 0.05) is 70.4 Å². The fraction of sp³-hybridized carbons (Fsp3) is 0.0364. The van der Waals surface area contributed by atoms with Gasteiger partial charge in [-0.3, -0.25) is 0 Å². The Bertz CT molecular complexity index is 3670. The molecule has 13 rings (SSSR count). The van der Waals surface area contributed by atoms with E-state index < -0.39 is 0 Å². The zero-order chi connectivity index (χ0) is 41.4. The first-order valence-electron chi connectivity index (χ1n) is 21.1. The molecule has 0 bridgehead atoms. The molecule has 2 unspecified atom stereocenters. The molecule has 6 nitrogen and oxygen atoms in total. The van der Waals surface area contributed by atoms with Crippen LogP contribution in [0.4, 0.5) is 0 Å². The van der Waals surface area contributed by atoms with Gasteiger partial charge in [-0.15, -0.1) is 23.1 Å². The predicted molar refractivity (Wildman–Crippen MR) is 260 cm³/mol. The van der Waals surface area contributed by atoms with Gasteiger partial charge in [-0.1, -0.05) is 152 Å². The second-order valence-corrected chi connectivity index (χ2v) is 18.2. The summed E-state index contributed by atoms with van der Waals surface area (Å²) >= 11 is 3.66. The average molecular weight is 843 g/mol. The van der Waals surface area contributed by atoms with Crippen LogP contribution in [0.25, 0.3) is 98.8 Å².